The normalized spacial score (nSPS) is 11.3. The molecule has 0 spiro atoms. The van der Waals surface area contributed by atoms with Crippen LogP contribution in [0.5, 0.6) is 0 Å². The van der Waals surface area contributed by atoms with E-state index in [1.807, 2.05) is 18.2 Å². The number of carbonyl (C=O) groups excluding carboxylic acids is 1. The summed E-state index contributed by atoms with van der Waals surface area (Å²) in [6, 6.07) is 12.8. The highest BCUT2D eigenvalue weighted by atomic mass is 79.9. The number of hydrogen-bond acceptors (Lipinski definition) is 1. The van der Waals surface area contributed by atoms with Gasteiger partial charge >= 0.3 is 0 Å². The van der Waals surface area contributed by atoms with E-state index in [1.54, 1.807) is 24.3 Å². The minimum absolute atomic E-state index is 0.0707. The molecule has 0 aliphatic rings. The van der Waals surface area contributed by atoms with E-state index in [0.29, 0.717) is 10.6 Å². The van der Waals surface area contributed by atoms with Crippen LogP contribution in [-0.4, -0.2) is 5.91 Å². The van der Waals surface area contributed by atoms with Crippen LogP contribution in [0.4, 0.5) is 5.69 Å². The summed E-state index contributed by atoms with van der Waals surface area (Å²) in [5.74, 6) is -0.157. The lowest BCUT2D eigenvalue weighted by atomic mass is 9.87. The topological polar surface area (TPSA) is 29.1 Å². The Balaban J connectivity index is 2.20. The zero-order chi connectivity index (χ0) is 15.6. The minimum atomic E-state index is -0.157. The Morgan fingerprint density at radius 2 is 1.71 bits per heavy atom. The monoisotopic (exact) mass is 365 g/mol. The van der Waals surface area contributed by atoms with Gasteiger partial charge in [-0.2, -0.15) is 0 Å². The van der Waals surface area contributed by atoms with Gasteiger partial charge < -0.3 is 5.32 Å². The average molecular weight is 367 g/mol. The second-order valence-corrected chi connectivity index (χ2v) is 7.20. The molecule has 0 aliphatic heterocycles. The van der Waals surface area contributed by atoms with Crippen molar-refractivity contribution < 1.29 is 4.79 Å². The molecule has 0 saturated carbocycles. The first-order valence-electron chi connectivity index (χ1n) is 6.64. The van der Waals surface area contributed by atoms with Gasteiger partial charge in [0, 0.05) is 15.1 Å². The summed E-state index contributed by atoms with van der Waals surface area (Å²) in [7, 11) is 0. The van der Waals surface area contributed by atoms with E-state index in [9.17, 15) is 4.79 Å². The number of carbonyl (C=O) groups is 1. The maximum Gasteiger partial charge on any atom is 0.255 e. The van der Waals surface area contributed by atoms with E-state index in [2.05, 4.69) is 42.0 Å². The number of anilines is 1. The van der Waals surface area contributed by atoms with Crippen LogP contribution in [0.15, 0.2) is 46.9 Å². The third-order valence-corrected chi connectivity index (χ3v) is 4.10. The van der Waals surface area contributed by atoms with Gasteiger partial charge in [-0.3, -0.25) is 4.79 Å². The van der Waals surface area contributed by atoms with Gasteiger partial charge in [-0.1, -0.05) is 38.4 Å². The summed E-state index contributed by atoms with van der Waals surface area (Å²) in [6.45, 7) is 6.46. The van der Waals surface area contributed by atoms with Crippen molar-refractivity contribution >= 4 is 39.1 Å². The first-order chi connectivity index (χ1) is 9.77. The predicted octanol–water partition coefficient (Wildman–Crippen LogP) is 5.65. The van der Waals surface area contributed by atoms with Crippen molar-refractivity contribution in [1.82, 2.24) is 0 Å². The van der Waals surface area contributed by atoms with Crippen LogP contribution in [0.25, 0.3) is 0 Å². The molecule has 0 fully saturated rings. The number of rotatable bonds is 2. The van der Waals surface area contributed by atoms with E-state index < -0.39 is 0 Å². The number of amides is 1. The fourth-order valence-electron chi connectivity index (χ4n) is 1.88. The summed E-state index contributed by atoms with van der Waals surface area (Å²) >= 11 is 9.34. The van der Waals surface area contributed by atoms with Crippen molar-refractivity contribution in [2.75, 3.05) is 5.32 Å². The largest absolute Gasteiger partial charge is 0.321 e. The van der Waals surface area contributed by atoms with E-state index in [0.717, 1.165) is 10.2 Å². The molecular formula is C17H17BrClNO. The maximum absolute atomic E-state index is 12.2. The van der Waals surface area contributed by atoms with Gasteiger partial charge in [0.25, 0.3) is 5.91 Å². The lowest BCUT2D eigenvalue weighted by molar-refractivity contribution is 0.102. The fourth-order valence-corrected chi connectivity index (χ4v) is 2.48. The van der Waals surface area contributed by atoms with Gasteiger partial charge in [-0.05, 0) is 63.3 Å². The second-order valence-electron chi connectivity index (χ2n) is 5.91. The van der Waals surface area contributed by atoms with Crippen molar-refractivity contribution in [3.63, 3.8) is 0 Å². The third kappa shape index (κ3) is 4.08. The standard InChI is InChI=1S/C17H17BrClNO/c1-17(2,3)12-6-9-15(14(18)10-12)20-16(21)11-4-7-13(19)8-5-11/h4-10H,1-3H3,(H,20,21). The molecule has 2 aromatic carbocycles. The Labute approximate surface area is 138 Å². The summed E-state index contributed by atoms with van der Waals surface area (Å²) in [6.07, 6.45) is 0. The molecule has 21 heavy (non-hydrogen) atoms. The Bertz CT molecular complexity index is 659. The second kappa shape index (κ2) is 6.20. The van der Waals surface area contributed by atoms with Crippen molar-refractivity contribution in [3.8, 4) is 0 Å². The first kappa shape index (κ1) is 16.1. The fraction of sp³-hybridized carbons (Fsp3) is 0.235. The van der Waals surface area contributed by atoms with Crippen LogP contribution in [0, 0.1) is 0 Å². The van der Waals surface area contributed by atoms with Gasteiger partial charge in [0.2, 0.25) is 0 Å². The van der Waals surface area contributed by atoms with Crippen LogP contribution in [0.2, 0.25) is 5.02 Å². The molecule has 0 heterocycles. The van der Waals surface area contributed by atoms with E-state index in [-0.39, 0.29) is 11.3 Å². The van der Waals surface area contributed by atoms with Crippen molar-refractivity contribution in [2.24, 2.45) is 0 Å². The van der Waals surface area contributed by atoms with Crippen molar-refractivity contribution in [3.05, 3.63) is 63.1 Å². The summed E-state index contributed by atoms with van der Waals surface area (Å²) in [5, 5.41) is 3.51. The van der Waals surface area contributed by atoms with E-state index >= 15 is 0 Å². The smallest absolute Gasteiger partial charge is 0.255 e. The third-order valence-electron chi connectivity index (χ3n) is 3.19. The molecule has 0 radical (unpaired) electrons. The number of halogens is 2. The van der Waals surface area contributed by atoms with Gasteiger partial charge in [0.15, 0.2) is 0 Å². The Hall–Kier alpha value is -1.32. The maximum atomic E-state index is 12.2. The molecule has 0 unspecified atom stereocenters. The Morgan fingerprint density at radius 1 is 1.10 bits per heavy atom. The molecule has 0 saturated heterocycles. The highest BCUT2D eigenvalue weighted by Gasteiger charge is 2.15. The molecule has 0 aliphatic carbocycles. The molecular weight excluding hydrogens is 350 g/mol. The zero-order valence-corrected chi connectivity index (χ0v) is 14.5. The summed E-state index contributed by atoms with van der Waals surface area (Å²) in [4.78, 5) is 12.2. The van der Waals surface area contributed by atoms with Crippen LogP contribution < -0.4 is 5.32 Å². The van der Waals surface area contributed by atoms with Gasteiger partial charge in [-0.15, -0.1) is 0 Å². The average Bonchev–Trinajstić information content (AvgIpc) is 2.40. The summed E-state index contributed by atoms with van der Waals surface area (Å²) in [5.41, 5.74) is 2.61. The van der Waals surface area contributed by atoms with E-state index in [4.69, 9.17) is 11.6 Å². The van der Waals surface area contributed by atoms with Crippen LogP contribution in [0.3, 0.4) is 0 Å². The van der Waals surface area contributed by atoms with Gasteiger partial charge in [-0.25, -0.2) is 0 Å². The molecule has 2 nitrogen and oxygen atoms in total. The number of nitrogens with one attached hydrogen (secondary N) is 1. The van der Waals surface area contributed by atoms with Crippen LogP contribution in [0.1, 0.15) is 36.7 Å². The molecule has 0 aromatic heterocycles. The Kier molecular flexibility index (Phi) is 4.74. The predicted molar refractivity (Wildman–Crippen MR) is 92.2 cm³/mol. The minimum Gasteiger partial charge on any atom is -0.321 e. The molecule has 0 atom stereocenters. The molecule has 2 aromatic rings. The lowest BCUT2D eigenvalue weighted by Gasteiger charge is -2.20. The highest BCUT2D eigenvalue weighted by Crippen LogP contribution is 2.30. The van der Waals surface area contributed by atoms with Gasteiger partial charge in [0.05, 0.1) is 5.69 Å². The quantitative estimate of drug-likeness (QED) is 0.731. The number of benzene rings is 2. The Morgan fingerprint density at radius 3 is 2.24 bits per heavy atom. The number of hydrogen-bond donors (Lipinski definition) is 1. The molecule has 1 amide bonds. The zero-order valence-electron chi connectivity index (χ0n) is 12.2. The molecule has 0 bridgehead atoms. The first-order valence-corrected chi connectivity index (χ1v) is 7.81. The van der Waals surface area contributed by atoms with Crippen molar-refractivity contribution in [1.29, 1.82) is 0 Å². The molecule has 110 valence electrons. The van der Waals surface area contributed by atoms with Gasteiger partial charge in [0.1, 0.15) is 0 Å². The lowest BCUT2D eigenvalue weighted by Crippen LogP contribution is -2.14. The highest BCUT2D eigenvalue weighted by molar-refractivity contribution is 9.10. The molecule has 2 rings (SSSR count). The molecule has 4 heteroatoms. The molecule has 1 N–H and O–H groups in total. The summed E-state index contributed by atoms with van der Waals surface area (Å²) < 4.78 is 0.872. The van der Waals surface area contributed by atoms with Crippen LogP contribution in [-0.2, 0) is 5.41 Å². The van der Waals surface area contributed by atoms with Crippen LogP contribution >= 0.6 is 27.5 Å². The van der Waals surface area contributed by atoms with Crippen molar-refractivity contribution in [2.45, 2.75) is 26.2 Å². The SMILES string of the molecule is CC(C)(C)c1ccc(NC(=O)c2ccc(Cl)cc2)c(Br)c1. The van der Waals surface area contributed by atoms with E-state index in [1.165, 1.54) is 5.56 Å².